The first-order valence-electron chi connectivity index (χ1n) is 3.92. The molecule has 0 aromatic heterocycles. The first kappa shape index (κ1) is 12.1. The molecule has 1 atom stereocenters. The topological polar surface area (TPSA) is 23.8 Å². The van der Waals surface area contributed by atoms with Crippen LogP contribution in [0.3, 0.4) is 0 Å². The molecule has 0 heterocycles. The molecule has 0 N–H and O–H groups in total. The highest BCUT2D eigenvalue weighted by molar-refractivity contribution is 6.28. The Morgan fingerprint density at radius 3 is 2.33 bits per heavy atom. The van der Waals surface area contributed by atoms with Gasteiger partial charge in [0.1, 0.15) is 4.87 Å². The van der Waals surface area contributed by atoms with Crippen molar-refractivity contribution in [2.24, 2.45) is 0 Å². The maximum Gasteiger partial charge on any atom is 0.337 e. The summed E-state index contributed by atoms with van der Waals surface area (Å²) in [6, 6.07) is 1.28. The van der Waals surface area contributed by atoms with Gasteiger partial charge in [0.15, 0.2) is 0 Å². The van der Waals surface area contributed by atoms with Crippen LogP contribution in [-0.2, 0) is 0 Å². The highest BCUT2D eigenvalue weighted by atomic mass is 35.5. The summed E-state index contributed by atoms with van der Waals surface area (Å²) in [6.07, 6.45) is 0.861. The van der Waals surface area contributed by atoms with Crippen LogP contribution in [-0.4, -0.2) is 16.7 Å². The van der Waals surface area contributed by atoms with Crippen LogP contribution < -0.4 is 0 Å². The lowest BCUT2D eigenvalue weighted by atomic mass is 9.68. The van der Waals surface area contributed by atoms with Crippen molar-refractivity contribution >= 4 is 11.6 Å². The van der Waals surface area contributed by atoms with Gasteiger partial charge < -0.3 is 0 Å². The largest absolute Gasteiger partial charge is 0.337 e. The number of hydrogen-bond donors (Lipinski definition) is 0. The van der Waals surface area contributed by atoms with Crippen molar-refractivity contribution < 1.29 is 17.6 Å². The smallest absolute Gasteiger partial charge is 0.197 e. The molecular weight excluding hydrogens is 234 g/mol. The van der Waals surface area contributed by atoms with Crippen molar-refractivity contribution in [2.45, 2.75) is 23.1 Å². The second-order valence-electron chi connectivity index (χ2n) is 3.13. The van der Waals surface area contributed by atoms with Crippen molar-refractivity contribution in [1.82, 2.24) is 0 Å². The van der Waals surface area contributed by atoms with E-state index < -0.39 is 28.7 Å². The van der Waals surface area contributed by atoms with Gasteiger partial charge >= 0.3 is 11.8 Å². The summed E-state index contributed by atoms with van der Waals surface area (Å²) >= 11 is 5.41. The van der Waals surface area contributed by atoms with Crippen molar-refractivity contribution in [2.75, 3.05) is 0 Å². The monoisotopic (exact) mass is 239 g/mol. The van der Waals surface area contributed by atoms with Crippen LogP contribution in [0.5, 0.6) is 0 Å². The zero-order chi connectivity index (χ0) is 11.9. The van der Waals surface area contributed by atoms with E-state index in [1.54, 1.807) is 0 Å². The first-order chi connectivity index (χ1) is 6.75. The van der Waals surface area contributed by atoms with Gasteiger partial charge in [0.05, 0.1) is 6.07 Å². The summed E-state index contributed by atoms with van der Waals surface area (Å²) in [5, 5.41) is 8.22. The van der Waals surface area contributed by atoms with Gasteiger partial charge in [-0.25, -0.2) is 0 Å². The molecule has 1 unspecified atom stereocenters. The molecule has 1 aliphatic rings. The third kappa shape index (κ3) is 1.21. The van der Waals surface area contributed by atoms with Gasteiger partial charge in [0, 0.05) is 11.6 Å². The van der Waals surface area contributed by atoms with Gasteiger partial charge in [-0.05, 0) is 6.42 Å². The minimum absolute atomic E-state index is 0.369. The number of rotatable bonds is 2. The van der Waals surface area contributed by atoms with Crippen molar-refractivity contribution in [3.05, 3.63) is 24.3 Å². The third-order valence-electron chi connectivity index (χ3n) is 2.29. The molecule has 0 radical (unpaired) electrons. The van der Waals surface area contributed by atoms with Crippen molar-refractivity contribution in [3.8, 4) is 6.07 Å². The zero-order valence-corrected chi connectivity index (χ0v) is 8.16. The quantitative estimate of drug-likeness (QED) is 0.314. The number of allylic oxidation sites excluding steroid dienone is 3. The summed E-state index contributed by atoms with van der Waals surface area (Å²) in [6.45, 7) is 3.16. The van der Waals surface area contributed by atoms with Crippen LogP contribution in [0.15, 0.2) is 24.3 Å². The SMILES string of the molecule is C=CCC1(Cl)/C(=C\C#N)C(F)(F)C1(F)F. The maximum absolute atomic E-state index is 13.0. The highest BCUT2D eigenvalue weighted by Gasteiger charge is 2.83. The molecule has 0 spiro atoms. The number of alkyl halides is 5. The molecule has 1 rings (SSSR count). The molecular formula is C9H6ClF4N. The molecule has 0 aromatic carbocycles. The van der Waals surface area contributed by atoms with Crippen LogP contribution >= 0.6 is 11.6 Å². The Morgan fingerprint density at radius 1 is 1.40 bits per heavy atom. The van der Waals surface area contributed by atoms with Gasteiger partial charge in [0.2, 0.25) is 0 Å². The molecule has 82 valence electrons. The molecule has 0 bridgehead atoms. The molecule has 1 aliphatic carbocycles. The van der Waals surface area contributed by atoms with Crippen molar-refractivity contribution in [1.29, 1.82) is 5.26 Å². The van der Waals surface area contributed by atoms with E-state index in [1.165, 1.54) is 6.07 Å². The molecule has 6 heteroatoms. The van der Waals surface area contributed by atoms with E-state index in [4.69, 9.17) is 16.9 Å². The number of nitriles is 1. The van der Waals surface area contributed by atoms with E-state index in [9.17, 15) is 17.6 Å². The fourth-order valence-electron chi connectivity index (χ4n) is 1.48. The Hall–Kier alpha value is -1.02. The second kappa shape index (κ2) is 3.24. The Bertz CT molecular complexity index is 369. The Balaban J connectivity index is 3.24. The maximum atomic E-state index is 13.0. The molecule has 1 nitrogen and oxygen atoms in total. The summed E-state index contributed by atoms with van der Waals surface area (Å²) in [5.41, 5.74) is -1.05. The molecule has 1 fully saturated rings. The molecule has 0 amide bonds. The van der Waals surface area contributed by atoms with E-state index in [2.05, 4.69) is 6.58 Å². The minimum Gasteiger partial charge on any atom is -0.197 e. The Labute approximate surface area is 88.6 Å². The average Bonchev–Trinajstić information content (AvgIpc) is 2.13. The molecule has 0 aliphatic heterocycles. The van der Waals surface area contributed by atoms with Crippen LogP contribution in [0, 0.1) is 11.3 Å². The fraction of sp³-hybridized carbons (Fsp3) is 0.444. The molecule has 0 saturated heterocycles. The predicted molar refractivity (Wildman–Crippen MR) is 47.0 cm³/mol. The number of halogens is 5. The van der Waals surface area contributed by atoms with Gasteiger partial charge in [-0.15, -0.1) is 18.2 Å². The normalized spacial score (nSPS) is 34.3. The summed E-state index contributed by atoms with van der Waals surface area (Å²) in [4.78, 5) is -2.52. The van der Waals surface area contributed by atoms with Gasteiger partial charge in [-0.3, -0.25) is 0 Å². The van der Waals surface area contributed by atoms with Gasteiger partial charge in [-0.2, -0.15) is 22.8 Å². The zero-order valence-electron chi connectivity index (χ0n) is 7.41. The van der Waals surface area contributed by atoms with Crippen LogP contribution in [0.2, 0.25) is 0 Å². The van der Waals surface area contributed by atoms with Crippen LogP contribution in [0.1, 0.15) is 6.42 Å². The van der Waals surface area contributed by atoms with Crippen molar-refractivity contribution in [3.63, 3.8) is 0 Å². The van der Waals surface area contributed by atoms with E-state index in [0.29, 0.717) is 6.08 Å². The predicted octanol–water partition coefficient (Wildman–Crippen LogP) is 3.27. The standard InChI is InChI=1S/C9H6ClF4N/c1-2-4-7(10)6(3-5-15)8(11,12)9(7,13)14/h2-3H,1,4H2/b6-3+. The Kier molecular flexibility index (Phi) is 2.60. The molecule has 15 heavy (non-hydrogen) atoms. The van der Waals surface area contributed by atoms with Crippen LogP contribution in [0.4, 0.5) is 17.6 Å². The summed E-state index contributed by atoms with van der Waals surface area (Å²) in [7, 11) is 0. The lowest BCUT2D eigenvalue weighted by Gasteiger charge is -2.51. The molecule has 1 saturated carbocycles. The van der Waals surface area contributed by atoms with Gasteiger partial charge in [0.25, 0.3) is 0 Å². The van der Waals surface area contributed by atoms with E-state index in [0.717, 1.165) is 6.08 Å². The first-order valence-corrected chi connectivity index (χ1v) is 4.29. The fourth-order valence-corrected chi connectivity index (χ4v) is 1.88. The minimum atomic E-state index is -4.36. The van der Waals surface area contributed by atoms with Gasteiger partial charge in [-0.1, -0.05) is 6.08 Å². The second-order valence-corrected chi connectivity index (χ2v) is 3.78. The van der Waals surface area contributed by atoms with E-state index >= 15 is 0 Å². The lowest BCUT2D eigenvalue weighted by Crippen LogP contribution is -2.70. The number of hydrogen-bond acceptors (Lipinski definition) is 1. The lowest BCUT2D eigenvalue weighted by molar-refractivity contribution is -0.254. The summed E-state index contributed by atoms with van der Waals surface area (Å²) < 4.78 is 51.9. The van der Waals surface area contributed by atoms with E-state index in [-0.39, 0.29) is 0 Å². The number of nitrogens with zero attached hydrogens (tertiary/aromatic N) is 1. The van der Waals surface area contributed by atoms with Crippen LogP contribution in [0.25, 0.3) is 0 Å². The molecule has 0 aromatic rings. The third-order valence-corrected chi connectivity index (χ3v) is 2.89. The highest BCUT2D eigenvalue weighted by Crippen LogP contribution is 2.66. The Morgan fingerprint density at radius 2 is 1.93 bits per heavy atom. The van der Waals surface area contributed by atoms with E-state index in [1.807, 2.05) is 0 Å². The summed E-state index contributed by atoms with van der Waals surface area (Å²) in [5.74, 6) is -8.72. The average molecular weight is 240 g/mol.